The van der Waals surface area contributed by atoms with Gasteiger partial charge in [-0.25, -0.2) is 4.98 Å². The number of hydrogen-bond donors (Lipinski definition) is 1. The van der Waals surface area contributed by atoms with Crippen LogP contribution < -0.4 is 10.1 Å². The highest BCUT2D eigenvalue weighted by molar-refractivity contribution is 6.32. The molecule has 1 fully saturated rings. The molecule has 1 saturated heterocycles. The summed E-state index contributed by atoms with van der Waals surface area (Å²) in [6.07, 6.45) is 0.648. The highest BCUT2D eigenvalue weighted by atomic mass is 35.5. The summed E-state index contributed by atoms with van der Waals surface area (Å²) in [7, 11) is 0. The molecule has 1 aliphatic heterocycles. The summed E-state index contributed by atoms with van der Waals surface area (Å²) in [5.74, 6) is 1.29. The van der Waals surface area contributed by atoms with Crippen LogP contribution in [0.4, 0.5) is 0 Å². The second kappa shape index (κ2) is 10.6. The molecular formula is C23H27ClN4O3. The van der Waals surface area contributed by atoms with E-state index in [1.54, 1.807) is 12.1 Å². The molecule has 3 aromatic rings. The number of carbonyl (C=O) groups is 1. The van der Waals surface area contributed by atoms with Crippen LogP contribution in [0.2, 0.25) is 5.02 Å². The van der Waals surface area contributed by atoms with Crippen LogP contribution in [-0.4, -0.2) is 66.4 Å². The maximum Gasteiger partial charge on any atom is 0.257 e. The van der Waals surface area contributed by atoms with Crippen LogP contribution in [0, 0.1) is 0 Å². The van der Waals surface area contributed by atoms with Crippen molar-refractivity contribution >= 4 is 28.5 Å². The second-order valence-corrected chi connectivity index (χ2v) is 7.85. The molecule has 0 bridgehead atoms. The highest BCUT2D eigenvalue weighted by Crippen LogP contribution is 2.22. The largest absolute Gasteiger partial charge is 0.482 e. The Morgan fingerprint density at radius 1 is 1.10 bits per heavy atom. The van der Waals surface area contributed by atoms with Gasteiger partial charge in [-0.2, -0.15) is 0 Å². The molecule has 8 heteroatoms. The number of benzene rings is 2. The van der Waals surface area contributed by atoms with Gasteiger partial charge in [0.15, 0.2) is 6.61 Å². The molecule has 0 saturated carbocycles. The molecule has 0 radical (unpaired) electrons. The number of hydrogen-bond acceptors (Lipinski definition) is 5. The van der Waals surface area contributed by atoms with E-state index in [-0.39, 0.29) is 12.5 Å². The zero-order valence-corrected chi connectivity index (χ0v) is 18.2. The first kappa shape index (κ1) is 21.6. The van der Waals surface area contributed by atoms with E-state index in [2.05, 4.69) is 20.9 Å². The van der Waals surface area contributed by atoms with E-state index in [0.29, 0.717) is 23.7 Å². The number of amides is 1. The molecular weight excluding hydrogens is 416 g/mol. The standard InChI is InChI=1S/C23H27ClN4O3/c24-18-5-1-4-8-21(18)31-17-23(29)25-10-9-22-26-19-6-2-3-7-20(19)28(22)12-11-27-13-15-30-16-14-27/h1-8H,9-17H2,(H,25,29). The van der Waals surface area contributed by atoms with Crippen molar-refractivity contribution in [1.29, 1.82) is 0 Å². The number of aromatic nitrogens is 2. The second-order valence-electron chi connectivity index (χ2n) is 7.44. The van der Waals surface area contributed by atoms with Crippen LogP contribution in [0.25, 0.3) is 11.0 Å². The Hall–Kier alpha value is -2.61. The summed E-state index contributed by atoms with van der Waals surface area (Å²) >= 11 is 6.06. The molecule has 1 aromatic heterocycles. The molecule has 1 amide bonds. The predicted octanol–water partition coefficient (Wildman–Crippen LogP) is 2.76. The number of carbonyl (C=O) groups excluding carboxylic acids is 1. The van der Waals surface area contributed by atoms with Gasteiger partial charge in [-0.15, -0.1) is 0 Å². The summed E-state index contributed by atoms with van der Waals surface area (Å²) < 4.78 is 13.2. The van der Waals surface area contributed by atoms with E-state index in [0.717, 1.165) is 56.3 Å². The number of ether oxygens (including phenoxy) is 2. The van der Waals surface area contributed by atoms with Crippen LogP contribution in [0.15, 0.2) is 48.5 Å². The van der Waals surface area contributed by atoms with Crippen LogP contribution in [0.3, 0.4) is 0 Å². The van der Waals surface area contributed by atoms with Crippen LogP contribution >= 0.6 is 11.6 Å². The van der Waals surface area contributed by atoms with E-state index >= 15 is 0 Å². The monoisotopic (exact) mass is 442 g/mol. The number of nitrogens with zero attached hydrogens (tertiary/aromatic N) is 3. The normalized spacial score (nSPS) is 14.6. The van der Waals surface area contributed by atoms with E-state index in [1.165, 1.54) is 0 Å². The fraction of sp³-hybridized carbons (Fsp3) is 0.391. The van der Waals surface area contributed by atoms with E-state index in [1.807, 2.05) is 30.3 Å². The molecule has 4 rings (SSSR count). The lowest BCUT2D eigenvalue weighted by molar-refractivity contribution is -0.123. The first-order valence-electron chi connectivity index (χ1n) is 10.6. The van der Waals surface area contributed by atoms with Crippen molar-refractivity contribution < 1.29 is 14.3 Å². The first-order valence-corrected chi connectivity index (χ1v) is 11.0. The van der Waals surface area contributed by atoms with Gasteiger partial charge in [0.25, 0.3) is 5.91 Å². The molecule has 0 atom stereocenters. The van der Waals surface area contributed by atoms with E-state index in [4.69, 9.17) is 26.1 Å². The lowest BCUT2D eigenvalue weighted by Gasteiger charge is -2.27. The fourth-order valence-corrected chi connectivity index (χ4v) is 3.89. The SMILES string of the molecule is O=C(COc1ccccc1Cl)NCCc1nc2ccccc2n1CCN1CCOCC1. The quantitative estimate of drug-likeness (QED) is 0.552. The van der Waals surface area contributed by atoms with Crippen molar-refractivity contribution in [3.8, 4) is 5.75 Å². The topological polar surface area (TPSA) is 68.6 Å². The average Bonchev–Trinajstić information content (AvgIpc) is 3.15. The molecule has 2 heterocycles. The third-order valence-electron chi connectivity index (χ3n) is 5.34. The Balaban J connectivity index is 1.33. The summed E-state index contributed by atoms with van der Waals surface area (Å²) in [4.78, 5) is 19.4. The molecule has 1 N–H and O–H groups in total. The molecule has 2 aromatic carbocycles. The number of halogens is 1. The number of rotatable bonds is 9. The highest BCUT2D eigenvalue weighted by Gasteiger charge is 2.14. The van der Waals surface area contributed by atoms with Crippen LogP contribution in [0.5, 0.6) is 5.75 Å². The summed E-state index contributed by atoms with van der Waals surface area (Å²) in [5.41, 5.74) is 2.10. The molecule has 0 aliphatic carbocycles. The number of fused-ring (bicyclic) bond motifs is 1. The Morgan fingerprint density at radius 2 is 1.87 bits per heavy atom. The maximum absolute atomic E-state index is 12.2. The van der Waals surface area contributed by atoms with Gasteiger partial charge in [0.2, 0.25) is 0 Å². The lowest BCUT2D eigenvalue weighted by Crippen LogP contribution is -2.38. The van der Waals surface area contributed by atoms with Gasteiger partial charge in [0, 0.05) is 39.1 Å². The fourth-order valence-electron chi connectivity index (χ4n) is 3.70. The summed E-state index contributed by atoms with van der Waals surface area (Å²) in [6.45, 7) is 5.74. The van der Waals surface area contributed by atoms with Gasteiger partial charge in [0.05, 0.1) is 29.3 Å². The van der Waals surface area contributed by atoms with E-state index in [9.17, 15) is 4.79 Å². The summed E-state index contributed by atoms with van der Waals surface area (Å²) in [5, 5.41) is 3.40. The molecule has 7 nitrogen and oxygen atoms in total. The van der Waals surface area contributed by atoms with Crippen molar-refractivity contribution in [2.24, 2.45) is 0 Å². The van der Waals surface area contributed by atoms with E-state index < -0.39 is 0 Å². The first-order chi connectivity index (χ1) is 15.2. The lowest BCUT2D eigenvalue weighted by atomic mass is 10.3. The molecule has 1 aliphatic rings. The van der Waals surface area contributed by atoms with Gasteiger partial charge in [-0.3, -0.25) is 9.69 Å². The molecule has 0 spiro atoms. The smallest absolute Gasteiger partial charge is 0.257 e. The van der Waals surface area contributed by atoms with Crippen molar-refractivity contribution in [3.63, 3.8) is 0 Å². The Kier molecular flexibility index (Phi) is 7.40. The third kappa shape index (κ3) is 5.76. The molecule has 31 heavy (non-hydrogen) atoms. The molecule has 164 valence electrons. The third-order valence-corrected chi connectivity index (χ3v) is 5.66. The maximum atomic E-state index is 12.2. The predicted molar refractivity (Wildman–Crippen MR) is 121 cm³/mol. The minimum absolute atomic E-state index is 0.0722. The average molecular weight is 443 g/mol. The van der Waals surface area contributed by atoms with Crippen LogP contribution in [0.1, 0.15) is 5.82 Å². The Labute approximate surface area is 186 Å². The van der Waals surface area contributed by atoms with Crippen molar-refractivity contribution in [3.05, 3.63) is 59.4 Å². The minimum Gasteiger partial charge on any atom is -0.482 e. The van der Waals surface area contributed by atoms with Crippen molar-refractivity contribution in [2.45, 2.75) is 13.0 Å². The van der Waals surface area contributed by atoms with Gasteiger partial charge < -0.3 is 19.4 Å². The van der Waals surface area contributed by atoms with Crippen molar-refractivity contribution in [1.82, 2.24) is 19.8 Å². The van der Waals surface area contributed by atoms with Gasteiger partial charge in [-0.1, -0.05) is 35.9 Å². The van der Waals surface area contributed by atoms with Gasteiger partial charge in [0.1, 0.15) is 11.6 Å². The number of morpholine rings is 1. The van der Waals surface area contributed by atoms with Gasteiger partial charge >= 0.3 is 0 Å². The van der Waals surface area contributed by atoms with Gasteiger partial charge in [-0.05, 0) is 24.3 Å². The Bertz CT molecular complexity index is 1020. The zero-order valence-electron chi connectivity index (χ0n) is 17.4. The Morgan fingerprint density at radius 3 is 2.71 bits per heavy atom. The summed E-state index contributed by atoms with van der Waals surface area (Å²) in [6, 6.07) is 15.3. The number of nitrogens with one attached hydrogen (secondary N) is 1. The number of para-hydroxylation sites is 3. The number of imidazole rings is 1. The minimum atomic E-state index is -0.184. The van der Waals surface area contributed by atoms with Crippen LogP contribution in [-0.2, 0) is 22.5 Å². The van der Waals surface area contributed by atoms with Crippen molar-refractivity contribution in [2.75, 3.05) is 46.0 Å². The zero-order chi connectivity index (χ0) is 21.5. The molecule has 0 unspecified atom stereocenters.